The van der Waals surface area contributed by atoms with Gasteiger partial charge in [0, 0.05) is 18.0 Å². The van der Waals surface area contributed by atoms with E-state index < -0.39 is 0 Å². The minimum absolute atomic E-state index is 0.177. The molecule has 1 aromatic carbocycles. The van der Waals surface area contributed by atoms with Crippen molar-refractivity contribution in [1.29, 1.82) is 0 Å². The van der Waals surface area contributed by atoms with Crippen LogP contribution in [0.1, 0.15) is 5.82 Å². The molecule has 0 atom stereocenters. The minimum atomic E-state index is -0.272. The molecule has 76 valence electrons. The highest BCUT2D eigenvalue weighted by molar-refractivity contribution is 5.61. The SMILES string of the molecule is OCc1ncc(-c2ccc(F)cc2)cn1. The first kappa shape index (κ1) is 9.73. The lowest BCUT2D eigenvalue weighted by atomic mass is 10.1. The number of nitrogens with zero attached hydrogens (tertiary/aromatic N) is 2. The van der Waals surface area contributed by atoms with Crippen LogP contribution in [-0.2, 0) is 6.61 Å². The maximum absolute atomic E-state index is 12.7. The quantitative estimate of drug-likeness (QED) is 0.810. The van der Waals surface area contributed by atoms with Crippen LogP contribution in [0.15, 0.2) is 36.7 Å². The molecule has 0 saturated carbocycles. The minimum Gasteiger partial charge on any atom is -0.388 e. The van der Waals surface area contributed by atoms with E-state index in [-0.39, 0.29) is 12.4 Å². The highest BCUT2D eigenvalue weighted by Crippen LogP contribution is 2.17. The highest BCUT2D eigenvalue weighted by Gasteiger charge is 1.99. The third-order valence-electron chi connectivity index (χ3n) is 2.02. The fourth-order valence-corrected chi connectivity index (χ4v) is 1.23. The van der Waals surface area contributed by atoms with Crippen LogP contribution in [0.4, 0.5) is 4.39 Å². The molecule has 3 nitrogen and oxygen atoms in total. The van der Waals surface area contributed by atoms with Gasteiger partial charge >= 0.3 is 0 Å². The first-order chi connectivity index (χ1) is 7.29. The Morgan fingerprint density at radius 3 is 2.13 bits per heavy atom. The monoisotopic (exact) mass is 204 g/mol. The number of rotatable bonds is 2. The van der Waals surface area contributed by atoms with E-state index in [9.17, 15) is 4.39 Å². The number of hydrogen-bond donors (Lipinski definition) is 1. The van der Waals surface area contributed by atoms with Crippen LogP contribution in [-0.4, -0.2) is 15.1 Å². The number of halogens is 1. The Labute approximate surface area is 86.3 Å². The lowest BCUT2D eigenvalue weighted by molar-refractivity contribution is 0.271. The summed E-state index contributed by atoms with van der Waals surface area (Å²) in [5.74, 6) is 0.104. The van der Waals surface area contributed by atoms with Crippen molar-refractivity contribution >= 4 is 0 Å². The van der Waals surface area contributed by atoms with Gasteiger partial charge in [-0.15, -0.1) is 0 Å². The Morgan fingerprint density at radius 1 is 1.00 bits per heavy atom. The molecule has 0 radical (unpaired) electrons. The van der Waals surface area contributed by atoms with Crippen molar-refractivity contribution in [2.45, 2.75) is 6.61 Å². The molecule has 0 unspecified atom stereocenters. The normalized spacial score (nSPS) is 10.3. The van der Waals surface area contributed by atoms with Gasteiger partial charge < -0.3 is 5.11 Å². The number of aromatic nitrogens is 2. The second-order valence-corrected chi connectivity index (χ2v) is 3.05. The molecule has 15 heavy (non-hydrogen) atoms. The average molecular weight is 204 g/mol. The van der Waals surface area contributed by atoms with E-state index in [2.05, 4.69) is 9.97 Å². The molecule has 0 aliphatic rings. The van der Waals surface area contributed by atoms with E-state index in [4.69, 9.17) is 5.11 Å². The van der Waals surface area contributed by atoms with Crippen molar-refractivity contribution in [3.63, 3.8) is 0 Å². The number of benzene rings is 1. The smallest absolute Gasteiger partial charge is 0.153 e. The van der Waals surface area contributed by atoms with Crippen LogP contribution in [0.3, 0.4) is 0 Å². The van der Waals surface area contributed by atoms with E-state index >= 15 is 0 Å². The molecule has 0 saturated heterocycles. The van der Waals surface area contributed by atoms with Crippen molar-refractivity contribution in [1.82, 2.24) is 9.97 Å². The Kier molecular flexibility index (Phi) is 2.69. The van der Waals surface area contributed by atoms with Crippen molar-refractivity contribution in [2.24, 2.45) is 0 Å². The molecule has 0 spiro atoms. The Morgan fingerprint density at radius 2 is 1.60 bits per heavy atom. The molecule has 0 aliphatic carbocycles. The molecule has 0 fully saturated rings. The van der Waals surface area contributed by atoms with Gasteiger partial charge in [0.05, 0.1) is 0 Å². The van der Waals surface area contributed by atoms with Gasteiger partial charge in [0.15, 0.2) is 5.82 Å². The van der Waals surface area contributed by atoms with E-state index in [1.54, 1.807) is 24.5 Å². The van der Waals surface area contributed by atoms with E-state index in [0.717, 1.165) is 11.1 Å². The molecule has 1 aromatic heterocycles. The summed E-state index contributed by atoms with van der Waals surface area (Å²) in [6.07, 6.45) is 3.21. The molecular formula is C11H9FN2O. The van der Waals surface area contributed by atoms with Gasteiger partial charge in [0.25, 0.3) is 0 Å². The number of hydrogen-bond acceptors (Lipinski definition) is 3. The van der Waals surface area contributed by atoms with Gasteiger partial charge in [-0.1, -0.05) is 12.1 Å². The van der Waals surface area contributed by atoms with Crippen LogP contribution >= 0.6 is 0 Å². The second-order valence-electron chi connectivity index (χ2n) is 3.05. The first-order valence-electron chi connectivity index (χ1n) is 4.47. The van der Waals surface area contributed by atoms with Gasteiger partial charge in [-0.25, -0.2) is 14.4 Å². The second kappa shape index (κ2) is 4.14. The molecular weight excluding hydrogens is 195 g/mol. The zero-order valence-corrected chi connectivity index (χ0v) is 7.89. The zero-order valence-electron chi connectivity index (χ0n) is 7.89. The molecule has 1 heterocycles. The van der Waals surface area contributed by atoms with Gasteiger partial charge in [-0.05, 0) is 17.7 Å². The third kappa shape index (κ3) is 2.16. The van der Waals surface area contributed by atoms with Crippen LogP contribution in [0.25, 0.3) is 11.1 Å². The summed E-state index contributed by atoms with van der Waals surface area (Å²) in [6, 6.07) is 6.09. The summed E-state index contributed by atoms with van der Waals surface area (Å²) < 4.78 is 12.7. The Balaban J connectivity index is 2.33. The fraction of sp³-hybridized carbons (Fsp3) is 0.0909. The first-order valence-corrected chi connectivity index (χ1v) is 4.47. The molecule has 4 heteroatoms. The topological polar surface area (TPSA) is 46.0 Å². The molecule has 0 aliphatic heterocycles. The average Bonchev–Trinajstić information content (AvgIpc) is 2.30. The Bertz CT molecular complexity index is 439. The van der Waals surface area contributed by atoms with Gasteiger partial charge in [0.2, 0.25) is 0 Å². The van der Waals surface area contributed by atoms with Gasteiger partial charge in [-0.2, -0.15) is 0 Å². The maximum atomic E-state index is 12.7. The predicted molar refractivity (Wildman–Crippen MR) is 53.3 cm³/mol. The molecule has 0 bridgehead atoms. The third-order valence-corrected chi connectivity index (χ3v) is 2.02. The largest absolute Gasteiger partial charge is 0.388 e. The standard InChI is InChI=1S/C11H9FN2O/c12-10-3-1-8(2-4-10)9-5-13-11(7-15)14-6-9/h1-6,15H,7H2. The lowest BCUT2D eigenvalue weighted by Crippen LogP contribution is -1.93. The summed E-state index contributed by atoms with van der Waals surface area (Å²) in [5, 5.41) is 8.76. The fourth-order valence-electron chi connectivity index (χ4n) is 1.23. The van der Waals surface area contributed by atoms with Crippen molar-refractivity contribution in [3.05, 3.63) is 48.3 Å². The van der Waals surface area contributed by atoms with Crippen LogP contribution in [0, 0.1) is 5.82 Å². The van der Waals surface area contributed by atoms with Crippen molar-refractivity contribution < 1.29 is 9.50 Å². The van der Waals surface area contributed by atoms with Crippen molar-refractivity contribution in [2.75, 3.05) is 0 Å². The van der Waals surface area contributed by atoms with Gasteiger partial charge in [0.1, 0.15) is 12.4 Å². The van der Waals surface area contributed by atoms with E-state index in [1.165, 1.54) is 12.1 Å². The maximum Gasteiger partial charge on any atom is 0.153 e. The number of aliphatic hydroxyl groups excluding tert-OH is 1. The molecule has 2 rings (SSSR count). The summed E-state index contributed by atoms with van der Waals surface area (Å²) in [5.41, 5.74) is 1.65. The number of aliphatic hydroxyl groups is 1. The van der Waals surface area contributed by atoms with Gasteiger partial charge in [-0.3, -0.25) is 0 Å². The highest BCUT2D eigenvalue weighted by atomic mass is 19.1. The zero-order chi connectivity index (χ0) is 10.7. The summed E-state index contributed by atoms with van der Waals surface area (Å²) >= 11 is 0. The molecule has 1 N–H and O–H groups in total. The lowest BCUT2D eigenvalue weighted by Gasteiger charge is -2.01. The van der Waals surface area contributed by atoms with E-state index in [1.807, 2.05) is 0 Å². The van der Waals surface area contributed by atoms with Crippen LogP contribution in [0.5, 0.6) is 0 Å². The summed E-state index contributed by atoms with van der Waals surface area (Å²) in [7, 11) is 0. The van der Waals surface area contributed by atoms with Crippen LogP contribution in [0.2, 0.25) is 0 Å². The Hall–Kier alpha value is -1.81. The summed E-state index contributed by atoms with van der Waals surface area (Å²) in [6.45, 7) is -0.177. The van der Waals surface area contributed by atoms with Crippen molar-refractivity contribution in [3.8, 4) is 11.1 Å². The molecule has 2 aromatic rings. The summed E-state index contributed by atoms with van der Waals surface area (Å²) in [4.78, 5) is 7.88. The van der Waals surface area contributed by atoms with Crippen LogP contribution < -0.4 is 0 Å². The van der Waals surface area contributed by atoms with E-state index in [0.29, 0.717) is 5.82 Å². The predicted octanol–water partition coefficient (Wildman–Crippen LogP) is 1.77. The molecule has 0 amide bonds.